The van der Waals surface area contributed by atoms with Gasteiger partial charge in [0.1, 0.15) is 6.26 Å². The predicted octanol–water partition coefficient (Wildman–Crippen LogP) is 2.48. The van der Waals surface area contributed by atoms with E-state index in [1.165, 1.54) is 0 Å². The van der Waals surface area contributed by atoms with Crippen molar-refractivity contribution in [2.24, 2.45) is 5.73 Å². The van der Waals surface area contributed by atoms with E-state index in [9.17, 15) is 0 Å². The Bertz CT molecular complexity index is 475. The highest BCUT2D eigenvalue weighted by Crippen LogP contribution is 2.35. The second kappa shape index (κ2) is 4.50. The fourth-order valence-electron chi connectivity index (χ4n) is 2.16. The minimum Gasteiger partial charge on any atom is -0.472 e. The second-order valence-corrected chi connectivity index (χ2v) is 4.30. The highest BCUT2D eigenvalue weighted by molar-refractivity contribution is 5.85. The number of rotatable bonds is 2. The summed E-state index contributed by atoms with van der Waals surface area (Å²) in [7, 11) is 0. The lowest BCUT2D eigenvalue weighted by Gasteiger charge is -2.17. The van der Waals surface area contributed by atoms with Crippen LogP contribution in [0.25, 0.3) is 11.5 Å². The van der Waals surface area contributed by atoms with E-state index in [4.69, 9.17) is 14.7 Å². The highest BCUT2D eigenvalue weighted by atomic mass is 35.5. The summed E-state index contributed by atoms with van der Waals surface area (Å²) < 4.78 is 10.2. The molecule has 3 rings (SSSR count). The summed E-state index contributed by atoms with van der Waals surface area (Å²) in [5.74, 6) is 1.08. The van der Waals surface area contributed by atoms with E-state index >= 15 is 0 Å². The van der Waals surface area contributed by atoms with Gasteiger partial charge in [-0.1, -0.05) is 18.0 Å². The first-order valence-corrected chi connectivity index (χ1v) is 5.44. The number of aromatic nitrogens is 2. The first-order valence-electron chi connectivity index (χ1n) is 5.44. The van der Waals surface area contributed by atoms with Gasteiger partial charge >= 0.3 is 0 Å². The van der Waals surface area contributed by atoms with E-state index < -0.39 is 5.54 Å². The Kier molecular flexibility index (Phi) is 3.22. The summed E-state index contributed by atoms with van der Waals surface area (Å²) >= 11 is 0. The van der Waals surface area contributed by atoms with Crippen LogP contribution in [0.3, 0.4) is 0 Å². The number of hydrogen-bond acceptors (Lipinski definition) is 5. The molecule has 5 nitrogen and oxygen atoms in total. The molecular weight excluding hydrogens is 242 g/mol. The van der Waals surface area contributed by atoms with Gasteiger partial charge in [0.2, 0.25) is 0 Å². The number of nitrogens with zero attached hydrogens (tertiary/aromatic N) is 2. The molecule has 0 radical (unpaired) electrons. The summed E-state index contributed by atoms with van der Waals surface area (Å²) in [4.78, 5) is 4.34. The largest absolute Gasteiger partial charge is 0.472 e. The molecule has 2 aromatic rings. The minimum absolute atomic E-state index is 0. The second-order valence-electron chi connectivity index (χ2n) is 4.30. The molecule has 0 spiro atoms. The van der Waals surface area contributed by atoms with Gasteiger partial charge in [0, 0.05) is 0 Å². The molecule has 0 aromatic carbocycles. The van der Waals surface area contributed by atoms with E-state index in [0.717, 1.165) is 31.2 Å². The summed E-state index contributed by atoms with van der Waals surface area (Å²) in [6.45, 7) is 0. The van der Waals surface area contributed by atoms with Gasteiger partial charge in [0.15, 0.2) is 5.82 Å². The van der Waals surface area contributed by atoms with Crippen LogP contribution in [0.2, 0.25) is 0 Å². The van der Waals surface area contributed by atoms with Gasteiger partial charge in [0.05, 0.1) is 17.4 Å². The first kappa shape index (κ1) is 12.1. The summed E-state index contributed by atoms with van der Waals surface area (Å²) in [6.07, 6.45) is 7.27. The first-order chi connectivity index (χ1) is 7.78. The number of nitrogens with two attached hydrogens (primary N) is 1. The van der Waals surface area contributed by atoms with Crippen molar-refractivity contribution in [3.63, 3.8) is 0 Å². The van der Waals surface area contributed by atoms with Crippen LogP contribution in [-0.2, 0) is 5.54 Å². The standard InChI is InChI=1S/C11H13N3O2.ClH/c12-11(4-1-2-5-11)10-13-9(16-14-10)8-3-6-15-7-8;/h3,6-7H,1-2,4-5,12H2;1H. The van der Waals surface area contributed by atoms with Gasteiger partial charge in [-0.15, -0.1) is 12.4 Å². The van der Waals surface area contributed by atoms with E-state index in [1.807, 2.05) is 0 Å². The van der Waals surface area contributed by atoms with Crippen molar-refractivity contribution in [1.29, 1.82) is 0 Å². The molecule has 1 saturated carbocycles. The van der Waals surface area contributed by atoms with E-state index in [0.29, 0.717) is 11.7 Å². The number of furan rings is 1. The molecule has 2 aromatic heterocycles. The van der Waals surface area contributed by atoms with Crippen LogP contribution in [0, 0.1) is 0 Å². The zero-order valence-electron chi connectivity index (χ0n) is 9.26. The highest BCUT2D eigenvalue weighted by Gasteiger charge is 2.36. The number of hydrogen-bond donors (Lipinski definition) is 1. The SMILES string of the molecule is Cl.NC1(c2noc(-c3ccoc3)n2)CCCC1. The zero-order valence-corrected chi connectivity index (χ0v) is 10.1. The molecule has 92 valence electrons. The molecule has 0 amide bonds. The van der Waals surface area contributed by atoms with Gasteiger partial charge in [0.25, 0.3) is 5.89 Å². The van der Waals surface area contributed by atoms with E-state index in [-0.39, 0.29) is 12.4 Å². The molecule has 1 aliphatic carbocycles. The Morgan fingerprint density at radius 3 is 2.71 bits per heavy atom. The third-order valence-electron chi connectivity index (χ3n) is 3.14. The van der Waals surface area contributed by atoms with Crippen molar-refractivity contribution in [1.82, 2.24) is 10.1 Å². The topological polar surface area (TPSA) is 78.1 Å². The van der Waals surface area contributed by atoms with Gasteiger partial charge < -0.3 is 14.7 Å². The summed E-state index contributed by atoms with van der Waals surface area (Å²) in [6, 6.07) is 1.79. The maximum atomic E-state index is 6.24. The predicted molar refractivity (Wildman–Crippen MR) is 63.6 cm³/mol. The van der Waals surface area contributed by atoms with Crippen LogP contribution >= 0.6 is 12.4 Å². The average molecular weight is 256 g/mol. The lowest BCUT2D eigenvalue weighted by atomic mass is 9.99. The van der Waals surface area contributed by atoms with E-state index in [2.05, 4.69) is 10.1 Å². The molecule has 0 aliphatic heterocycles. The molecule has 0 saturated heterocycles. The smallest absolute Gasteiger partial charge is 0.261 e. The molecule has 2 heterocycles. The van der Waals surface area contributed by atoms with Crippen LogP contribution < -0.4 is 5.73 Å². The van der Waals surface area contributed by atoms with Gasteiger partial charge in [-0.2, -0.15) is 4.98 Å². The van der Waals surface area contributed by atoms with Crippen LogP contribution in [0.1, 0.15) is 31.5 Å². The van der Waals surface area contributed by atoms with Crippen LogP contribution in [-0.4, -0.2) is 10.1 Å². The lowest BCUT2D eigenvalue weighted by molar-refractivity contribution is 0.372. The van der Waals surface area contributed by atoms with Gasteiger partial charge in [-0.05, 0) is 18.9 Å². The van der Waals surface area contributed by atoms with Gasteiger partial charge in [-0.3, -0.25) is 0 Å². The van der Waals surface area contributed by atoms with Crippen LogP contribution in [0.4, 0.5) is 0 Å². The maximum absolute atomic E-state index is 6.24. The molecule has 6 heteroatoms. The van der Waals surface area contributed by atoms with Crippen LogP contribution in [0.5, 0.6) is 0 Å². The fraction of sp³-hybridized carbons (Fsp3) is 0.455. The van der Waals surface area contributed by atoms with Crippen molar-refractivity contribution < 1.29 is 8.94 Å². The molecule has 0 bridgehead atoms. The van der Waals surface area contributed by atoms with Crippen LogP contribution in [0.15, 0.2) is 27.5 Å². The Labute approximate surface area is 105 Å². The third kappa shape index (κ3) is 2.08. The maximum Gasteiger partial charge on any atom is 0.261 e. The van der Waals surface area contributed by atoms with Crippen molar-refractivity contribution in [2.45, 2.75) is 31.2 Å². The lowest BCUT2D eigenvalue weighted by Crippen LogP contribution is -2.34. The third-order valence-corrected chi connectivity index (χ3v) is 3.14. The Morgan fingerprint density at radius 1 is 1.29 bits per heavy atom. The van der Waals surface area contributed by atoms with Crippen molar-refractivity contribution in [2.75, 3.05) is 0 Å². The minimum atomic E-state index is -0.397. The monoisotopic (exact) mass is 255 g/mol. The zero-order chi connectivity index (χ0) is 11.0. The normalized spacial score (nSPS) is 17.9. The fourth-order valence-corrected chi connectivity index (χ4v) is 2.16. The Balaban J connectivity index is 0.00000108. The Morgan fingerprint density at radius 2 is 2.06 bits per heavy atom. The van der Waals surface area contributed by atoms with Crippen molar-refractivity contribution >= 4 is 12.4 Å². The average Bonchev–Trinajstić information content (AvgIpc) is 2.98. The molecule has 17 heavy (non-hydrogen) atoms. The molecule has 0 unspecified atom stereocenters. The molecule has 2 N–H and O–H groups in total. The van der Waals surface area contributed by atoms with Gasteiger partial charge in [-0.25, -0.2) is 0 Å². The molecule has 1 aliphatic rings. The van der Waals surface area contributed by atoms with E-state index in [1.54, 1.807) is 18.6 Å². The number of halogens is 1. The Hall–Kier alpha value is -1.33. The van der Waals surface area contributed by atoms with Crippen molar-refractivity contribution in [3.05, 3.63) is 24.4 Å². The quantitative estimate of drug-likeness (QED) is 0.892. The molecule has 1 fully saturated rings. The summed E-state index contributed by atoms with van der Waals surface area (Å²) in [5.41, 5.74) is 6.63. The molecule has 0 atom stereocenters. The summed E-state index contributed by atoms with van der Waals surface area (Å²) in [5, 5.41) is 3.97. The van der Waals surface area contributed by atoms with Crippen molar-refractivity contribution in [3.8, 4) is 11.5 Å². The molecular formula is C11H14ClN3O2.